The SMILES string of the molecule is CCOC(=O)CCCCCCN1CCC[C@@](C)(CO)C1. The molecule has 0 aromatic carbocycles. The fourth-order valence-electron chi connectivity index (χ4n) is 2.94. The van der Waals surface area contributed by atoms with Gasteiger partial charge in [0, 0.05) is 25.0 Å². The number of nitrogens with zero attached hydrogens (tertiary/aromatic N) is 1. The van der Waals surface area contributed by atoms with Crippen LogP contribution in [0.3, 0.4) is 0 Å². The first-order chi connectivity index (χ1) is 9.59. The van der Waals surface area contributed by atoms with Crippen molar-refractivity contribution in [3.8, 4) is 0 Å². The number of unbranched alkanes of at least 4 members (excludes halogenated alkanes) is 3. The molecule has 0 aliphatic carbocycles. The summed E-state index contributed by atoms with van der Waals surface area (Å²) < 4.78 is 4.91. The van der Waals surface area contributed by atoms with Gasteiger partial charge in [-0.05, 0) is 45.7 Å². The second-order valence-electron chi connectivity index (χ2n) is 6.32. The van der Waals surface area contributed by atoms with E-state index in [2.05, 4.69) is 11.8 Å². The van der Waals surface area contributed by atoms with Crippen LogP contribution in [-0.4, -0.2) is 48.8 Å². The van der Waals surface area contributed by atoms with Gasteiger partial charge in [0.2, 0.25) is 0 Å². The molecule has 1 aliphatic heterocycles. The summed E-state index contributed by atoms with van der Waals surface area (Å²) in [4.78, 5) is 13.7. The number of rotatable bonds is 9. The molecule has 1 saturated heterocycles. The van der Waals surface area contributed by atoms with Crippen molar-refractivity contribution in [2.24, 2.45) is 5.41 Å². The number of aliphatic hydroxyl groups excluding tert-OH is 1. The number of aliphatic hydroxyl groups is 1. The maximum Gasteiger partial charge on any atom is 0.305 e. The molecule has 1 fully saturated rings. The highest BCUT2D eigenvalue weighted by molar-refractivity contribution is 5.69. The number of hydrogen-bond acceptors (Lipinski definition) is 4. The monoisotopic (exact) mass is 285 g/mol. The fraction of sp³-hybridized carbons (Fsp3) is 0.938. The van der Waals surface area contributed by atoms with E-state index in [1.807, 2.05) is 6.92 Å². The molecule has 1 aliphatic rings. The molecular formula is C16H31NO3. The molecule has 0 aromatic rings. The number of hydrogen-bond donors (Lipinski definition) is 1. The van der Waals surface area contributed by atoms with Crippen LogP contribution in [0.2, 0.25) is 0 Å². The number of carbonyl (C=O) groups excluding carboxylic acids is 1. The van der Waals surface area contributed by atoms with Gasteiger partial charge in [0.05, 0.1) is 6.61 Å². The van der Waals surface area contributed by atoms with E-state index in [1.165, 1.54) is 25.8 Å². The number of ether oxygens (including phenoxy) is 1. The Morgan fingerprint density at radius 1 is 1.30 bits per heavy atom. The van der Waals surface area contributed by atoms with Crippen LogP contribution in [0.1, 0.15) is 58.8 Å². The average Bonchev–Trinajstić information content (AvgIpc) is 2.43. The van der Waals surface area contributed by atoms with Crippen molar-refractivity contribution in [2.45, 2.75) is 58.8 Å². The molecule has 20 heavy (non-hydrogen) atoms. The minimum atomic E-state index is -0.0674. The van der Waals surface area contributed by atoms with Crippen molar-refractivity contribution in [3.63, 3.8) is 0 Å². The summed E-state index contributed by atoms with van der Waals surface area (Å²) in [5.41, 5.74) is 0.0994. The molecule has 0 radical (unpaired) electrons. The Hall–Kier alpha value is -0.610. The second kappa shape index (κ2) is 9.35. The van der Waals surface area contributed by atoms with Crippen molar-refractivity contribution in [1.29, 1.82) is 0 Å². The first kappa shape index (κ1) is 17.4. The molecule has 1 rings (SSSR count). The van der Waals surface area contributed by atoms with E-state index in [9.17, 15) is 9.90 Å². The normalized spacial score (nSPS) is 23.8. The Labute approximate surface area is 123 Å². The minimum absolute atomic E-state index is 0.0674. The third kappa shape index (κ3) is 6.71. The molecule has 0 spiro atoms. The standard InChI is InChI=1S/C16H31NO3/c1-3-20-15(19)9-6-4-5-7-11-17-12-8-10-16(2,13-17)14-18/h18H,3-14H2,1-2H3/t16-/m1/s1. The van der Waals surface area contributed by atoms with Crippen molar-refractivity contribution in [3.05, 3.63) is 0 Å². The zero-order valence-electron chi connectivity index (χ0n) is 13.2. The lowest BCUT2D eigenvalue weighted by Crippen LogP contribution is -2.43. The van der Waals surface area contributed by atoms with Gasteiger partial charge in [0.1, 0.15) is 0 Å². The Kier molecular flexibility index (Phi) is 8.15. The van der Waals surface area contributed by atoms with Gasteiger partial charge >= 0.3 is 5.97 Å². The van der Waals surface area contributed by atoms with Crippen molar-refractivity contribution in [1.82, 2.24) is 4.90 Å². The molecule has 4 nitrogen and oxygen atoms in total. The molecule has 0 amide bonds. The Morgan fingerprint density at radius 2 is 2.05 bits per heavy atom. The summed E-state index contributed by atoms with van der Waals surface area (Å²) in [6.07, 6.45) is 7.28. The van der Waals surface area contributed by atoms with Crippen molar-refractivity contribution >= 4 is 5.97 Å². The van der Waals surface area contributed by atoms with E-state index in [0.29, 0.717) is 19.6 Å². The van der Waals surface area contributed by atoms with Crippen LogP contribution >= 0.6 is 0 Å². The maximum atomic E-state index is 11.2. The van der Waals surface area contributed by atoms with E-state index < -0.39 is 0 Å². The van der Waals surface area contributed by atoms with E-state index in [0.717, 1.165) is 32.4 Å². The first-order valence-electron chi connectivity index (χ1n) is 8.08. The molecule has 0 aromatic heterocycles. The van der Waals surface area contributed by atoms with Gasteiger partial charge in [-0.15, -0.1) is 0 Å². The fourth-order valence-corrected chi connectivity index (χ4v) is 2.94. The number of esters is 1. The molecule has 1 N–H and O–H groups in total. The summed E-state index contributed by atoms with van der Waals surface area (Å²) in [7, 11) is 0. The lowest BCUT2D eigenvalue weighted by Gasteiger charge is -2.39. The molecule has 1 atom stereocenters. The van der Waals surface area contributed by atoms with Gasteiger partial charge in [0.15, 0.2) is 0 Å². The van der Waals surface area contributed by atoms with Crippen molar-refractivity contribution in [2.75, 3.05) is 32.8 Å². The summed E-state index contributed by atoms with van der Waals surface area (Å²) in [6.45, 7) is 8.11. The van der Waals surface area contributed by atoms with Gasteiger partial charge in [-0.3, -0.25) is 4.79 Å². The van der Waals surface area contributed by atoms with Gasteiger partial charge in [-0.1, -0.05) is 19.8 Å². The molecule has 118 valence electrons. The van der Waals surface area contributed by atoms with Gasteiger partial charge in [-0.2, -0.15) is 0 Å². The number of piperidine rings is 1. The Balaban J connectivity index is 2.02. The highest BCUT2D eigenvalue weighted by Crippen LogP contribution is 2.28. The number of likely N-dealkylation sites (tertiary alicyclic amines) is 1. The van der Waals surface area contributed by atoms with Crippen LogP contribution in [0, 0.1) is 5.41 Å². The van der Waals surface area contributed by atoms with Crippen LogP contribution in [0.15, 0.2) is 0 Å². The summed E-state index contributed by atoms with van der Waals surface area (Å²) in [5.74, 6) is -0.0674. The molecule has 0 bridgehead atoms. The van der Waals surface area contributed by atoms with Crippen LogP contribution in [-0.2, 0) is 9.53 Å². The van der Waals surface area contributed by atoms with Crippen molar-refractivity contribution < 1.29 is 14.6 Å². The summed E-state index contributed by atoms with van der Waals surface area (Å²) >= 11 is 0. The molecule has 4 heteroatoms. The first-order valence-corrected chi connectivity index (χ1v) is 8.08. The summed E-state index contributed by atoms with van der Waals surface area (Å²) in [5, 5.41) is 9.43. The quantitative estimate of drug-likeness (QED) is 0.522. The largest absolute Gasteiger partial charge is 0.466 e. The molecule has 1 heterocycles. The third-order valence-electron chi connectivity index (χ3n) is 4.15. The molecular weight excluding hydrogens is 254 g/mol. The van der Waals surface area contributed by atoms with Gasteiger partial charge in [-0.25, -0.2) is 0 Å². The zero-order chi connectivity index (χ0) is 14.8. The topological polar surface area (TPSA) is 49.8 Å². The van der Waals surface area contributed by atoms with Crippen LogP contribution in [0.4, 0.5) is 0 Å². The Morgan fingerprint density at radius 3 is 2.75 bits per heavy atom. The minimum Gasteiger partial charge on any atom is -0.466 e. The predicted molar refractivity (Wildman–Crippen MR) is 80.6 cm³/mol. The van der Waals surface area contributed by atoms with E-state index in [-0.39, 0.29) is 11.4 Å². The number of carbonyl (C=O) groups is 1. The molecule has 0 unspecified atom stereocenters. The van der Waals surface area contributed by atoms with Crippen LogP contribution < -0.4 is 0 Å². The second-order valence-corrected chi connectivity index (χ2v) is 6.32. The highest BCUT2D eigenvalue weighted by Gasteiger charge is 2.29. The van der Waals surface area contributed by atoms with Crippen LogP contribution in [0.5, 0.6) is 0 Å². The average molecular weight is 285 g/mol. The lowest BCUT2D eigenvalue weighted by atomic mass is 9.83. The van der Waals surface area contributed by atoms with E-state index in [4.69, 9.17) is 4.74 Å². The van der Waals surface area contributed by atoms with Crippen LogP contribution in [0.25, 0.3) is 0 Å². The molecule has 0 saturated carbocycles. The summed E-state index contributed by atoms with van der Waals surface area (Å²) in [6, 6.07) is 0. The third-order valence-corrected chi connectivity index (χ3v) is 4.15. The van der Waals surface area contributed by atoms with Gasteiger partial charge in [0.25, 0.3) is 0 Å². The maximum absolute atomic E-state index is 11.2. The lowest BCUT2D eigenvalue weighted by molar-refractivity contribution is -0.143. The van der Waals surface area contributed by atoms with Gasteiger partial charge < -0.3 is 14.7 Å². The highest BCUT2D eigenvalue weighted by atomic mass is 16.5. The van der Waals surface area contributed by atoms with E-state index in [1.54, 1.807) is 0 Å². The van der Waals surface area contributed by atoms with E-state index >= 15 is 0 Å². The Bertz CT molecular complexity index is 283. The smallest absolute Gasteiger partial charge is 0.305 e. The zero-order valence-corrected chi connectivity index (χ0v) is 13.2. The predicted octanol–water partition coefficient (Wildman–Crippen LogP) is 2.59.